The minimum atomic E-state index is 0.0358. The van der Waals surface area contributed by atoms with Crippen LogP contribution in [-0.4, -0.2) is 56.7 Å². The van der Waals surface area contributed by atoms with Crippen LogP contribution in [-0.2, 0) is 0 Å². The maximum Gasteiger partial charge on any atom is 0.119 e. The van der Waals surface area contributed by atoms with E-state index in [1.807, 2.05) is 18.2 Å². The third-order valence-corrected chi connectivity index (χ3v) is 4.03. The number of nitrogens with zero attached hydrogens (tertiary/aromatic N) is 2. The van der Waals surface area contributed by atoms with Crippen molar-refractivity contribution >= 4 is 0 Å². The van der Waals surface area contributed by atoms with E-state index in [0.717, 1.165) is 30.9 Å². The predicted molar refractivity (Wildman–Crippen MR) is 83.1 cm³/mol. The molecular weight excluding hydrogens is 250 g/mol. The summed E-state index contributed by atoms with van der Waals surface area (Å²) in [5.41, 5.74) is 7.43. The van der Waals surface area contributed by atoms with Gasteiger partial charge in [0.2, 0.25) is 0 Å². The number of methoxy groups -OCH3 is 1. The van der Waals surface area contributed by atoms with Gasteiger partial charge < -0.3 is 20.3 Å². The molecule has 4 nitrogen and oxygen atoms in total. The van der Waals surface area contributed by atoms with Gasteiger partial charge in [-0.1, -0.05) is 12.1 Å². The quantitative estimate of drug-likeness (QED) is 0.824. The fraction of sp³-hybridized carbons (Fsp3) is 0.625. The lowest BCUT2D eigenvalue weighted by Gasteiger charge is -2.24. The summed E-state index contributed by atoms with van der Waals surface area (Å²) in [6.45, 7) is 5.63. The van der Waals surface area contributed by atoms with Crippen molar-refractivity contribution in [2.45, 2.75) is 18.9 Å². The van der Waals surface area contributed by atoms with Crippen molar-refractivity contribution in [3.05, 3.63) is 29.8 Å². The molecule has 2 N–H and O–H groups in total. The average molecular weight is 277 g/mol. The first-order valence-corrected chi connectivity index (χ1v) is 7.49. The Labute approximate surface area is 122 Å². The van der Waals surface area contributed by atoms with Crippen molar-refractivity contribution in [2.75, 3.05) is 46.9 Å². The third kappa shape index (κ3) is 4.47. The van der Waals surface area contributed by atoms with E-state index in [9.17, 15) is 0 Å². The number of ether oxygens (including phenoxy) is 1. The average Bonchev–Trinajstić information content (AvgIpc) is 2.98. The Morgan fingerprint density at radius 2 is 2.10 bits per heavy atom. The fourth-order valence-corrected chi connectivity index (χ4v) is 2.72. The van der Waals surface area contributed by atoms with Gasteiger partial charge >= 0.3 is 0 Å². The third-order valence-electron chi connectivity index (χ3n) is 4.03. The SMILES string of the molecule is COc1cccc(C(N)CN(C)CCN2CCCC2)c1. The summed E-state index contributed by atoms with van der Waals surface area (Å²) >= 11 is 0. The molecule has 1 aromatic rings. The second kappa shape index (κ2) is 7.62. The summed E-state index contributed by atoms with van der Waals surface area (Å²) in [6, 6.07) is 8.08. The molecule has 4 heteroatoms. The Bertz CT molecular complexity index is 404. The molecule has 0 radical (unpaired) electrons. The van der Waals surface area contributed by atoms with Crippen LogP contribution in [0.1, 0.15) is 24.4 Å². The summed E-state index contributed by atoms with van der Waals surface area (Å²) < 4.78 is 5.25. The first-order chi connectivity index (χ1) is 9.69. The summed E-state index contributed by atoms with van der Waals surface area (Å²) in [7, 11) is 3.84. The molecule has 0 aliphatic carbocycles. The van der Waals surface area contributed by atoms with Crippen LogP contribution in [0.15, 0.2) is 24.3 Å². The van der Waals surface area contributed by atoms with Crippen LogP contribution >= 0.6 is 0 Å². The number of hydrogen-bond donors (Lipinski definition) is 1. The zero-order valence-electron chi connectivity index (χ0n) is 12.7. The maximum absolute atomic E-state index is 6.29. The number of nitrogens with two attached hydrogens (primary N) is 1. The minimum absolute atomic E-state index is 0.0358. The smallest absolute Gasteiger partial charge is 0.119 e. The first kappa shape index (κ1) is 15.3. The molecule has 1 aromatic carbocycles. The molecule has 1 saturated heterocycles. The van der Waals surface area contributed by atoms with E-state index in [4.69, 9.17) is 10.5 Å². The summed E-state index contributed by atoms with van der Waals surface area (Å²) in [4.78, 5) is 4.86. The van der Waals surface area contributed by atoms with Crippen LogP contribution in [0, 0.1) is 0 Å². The van der Waals surface area contributed by atoms with Gasteiger partial charge in [0.05, 0.1) is 7.11 Å². The van der Waals surface area contributed by atoms with Gasteiger partial charge in [-0.3, -0.25) is 0 Å². The molecule has 0 aromatic heterocycles. The van der Waals surface area contributed by atoms with Crippen LogP contribution in [0.4, 0.5) is 0 Å². The molecule has 0 saturated carbocycles. The van der Waals surface area contributed by atoms with E-state index >= 15 is 0 Å². The molecule has 1 fully saturated rings. The monoisotopic (exact) mass is 277 g/mol. The van der Waals surface area contributed by atoms with Crippen LogP contribution < -0.4 is 10.5 Å². The zero-order chi connectivity index (χ0) is 14.4. The Kier molecular flexibility index (Phi) is 5.83. The molecule has 2 rings (SSSR count). The molecule has 112 valence electrons. The molecule has 1 aliphatic heterocycles. The lowest BCUT2D eigenvalue weighted by molar-refractivity contribution is 0.248. The Balaban J connectivity index is 1.78. The molecule has 1 atom stereocenters. The molecule has 0 amide bonds. The molecule has 1 heterocycles. The van der Waals surface area contributed by atoms with E-state index < -0.39 is 0 Å². The van der Waals surface area contributed by atoms with Gasteiger partial charge in [-0.25, -0.2) is 0 Å². The maximum atomic E-state index is 6.29. The zero-order valence-corrected chi connectivity index (χ0v) is 12.7. The van der Waals surface area contributed by atoms with Crippen LogP contribution in [0.2, 0.25) is 0 Å². The normalized spacial score (nSPS) is 17.6. The van der Waals surface area contributed by atoms with Crippen LogP contribution in [0.5, 0.6) is 5.75 Å². The van der Waals surface area contributed by atoms with Gasteiger partial charge in [-0.05, 0) is 50.7 Å². The molecule has 1 aliphatic rings. The van der Waals surface area contributed by atoms with Crippen molar-refractivity contribution in [2.24, 2.45) is 5.73 Å². The standard InChI is InChI=1S/C16H27N3O/c1-18(10-11-19-8-3-4-9-19)13-16(17)14-6-5-7-15(12-14)20-2/h5-7,12,16H,3-4,8-11,13,17H2,1-2H3. The second-order valence-corrected chi connectivity index (χ2v) is 5.69. The fourth-order valence-electron chi connectivity index (χ4n) is 2.72. The van der Waals surface area contributed by atoms with Gasteiger partial charge in [0.25, 0.3) is 0 Å². The summed E-state index contributed by atoms with van der Waals surface area (Å²) in [5.74, 6) is 0.873. The van der Waals surface area contributed by atoms with Gasteiger partial charge in [-0.2, -0.15) is 0 Å². The van der Waals surface area contributed by atoms with Crippen molar-refractivity contribution < 1.29 is 4.74 Å². The van der Waals surface area contributed by atoms with Gasteiger partial charge in [-0.15, -0.1) is 0 Å². The Morgan fingerprint density at radius 1 is 1.35 bits per heavy atom. The van der Waals surface area contributed by atoms with Gasteiger partial charge in [0.15, 0.2) is 0 Å². The highest BCUT2D eigenvalue weighted by atomic mass is 16.5. The van der Waals surface area contributed by atoms with Crippen LogP contribution in [0.25, 0.3) is 0 Å². The molecule has 0 bridgehead atoms. The summed E-state index contributed by atoms with van der Waals surface area (Å²) in [5, 5.41) is 0. The Morgan fingerprint density at radius 3 is 2.80 bits per heavy atom. The van der Waals surface area contributed by atoms with E-state index in [1.54, 1.807) is 7.11 Å². The topological polar surface area (TPSA) is 41.7 Å². The molecular formula is C16H27N3O. The highest BCUT2D eigenvalue weighted by Crippen LogP contribution is 2.18. The predicted octanol–water partition coefficient (Wildman–Crippen LogP) is 1.72. The van der Waals surface area contributed by atoms with Gasteiger partial charge in [0.1, 0.15) is 5.75 Å². The Hall–Kier alpha value is -1.10. The molecule has 0 spiro atoms. The van der Waals surface area contributed by atoms with E-state index in [1.165, 1.54) is 25.9 Å². The van der Waals surface area contributed by atoms with Crippen LogP contribution in [0.3, 0.4) is 0 Å². The minimum Gasteiger partial charge on any atom is -0.497 e. The highest BCUT2D eigenvalue weighted by Gasteiger charge is 2.14. The highest BCUT2D eigenvalue weighted by molar-refractivity contribution is 5.30. The first-order valence-electron chi connectivity index (χ1n) is 7.49. The van der Waals surface area contributed by atoms with Gasteiger partial charge in [0, 0.05) is 25.7 Å². The van der Waals surface area contributed by atoms with E-state index in [2.05, 4.69) is 22.9 Å². The number of benzene rings is 1. The number of rotatable bonds is 7. The molecule has 20 heavy (non-hydrogen) atoms. The largest absolute Gasteiger partial charge is 0.497 e. The molecule has 1 unspecified atom stereocenters. The van der Waals surface area contributed by atoms with Crippen molar-refractivity contribution in [3.8, 4) is 5.75 Å². The van der Waals surface area contributed by atoms with Crippen molar-refractivity contribution in [1.29, 1.82) is 0 Å². The van der Waals surface area contributed by atoms with Crippen molar-refractivity contribution in [1.82, 2.24) is 9.80 Å². The lowest BCUT2D eigenvalue weighted by Crippen LogP contribution is -2.35. The van der Waals surface area contributed by atoms with E-state index in [0.29, 0.717) is 0 Å². The van der Waals surface area contributed by atoms with Crippen molar-refractivity contribution in [3.63, 3.8) is 0 Å². The number of likely N-dealkylation sites (N-methyl/N-ethyl adjacent to an activating group) is 1. The second-order valence-electron chi connectivity index (χ2n) is 5.69. The summed E-state index contributed by atoms with van der Waals surface area (Å²) in [6.07, 6.45) is 2.71. The number of likely N-dealkylation sites (tertiary alicyclic amines) is 1. The van der Waals surface area contributed by atoms with E-state index in [-0.39, 0.29) is 6.04 Å². The number of hydrogen-bond acceptors (Lipinski definition) is 4. The lowest BCUT2D eigenvalue weighted by atomic mass is 10.1.